The fourth-order valence-corrected chi connectivity index (χ4v) is 5.29. The fraction of sp³-hybridized carbons (Fsp3) is 0.364. The zero-order valence-corrected chi connectivity index (χ0v) is 18.3. The molecule has 170 valence electrons. The van der Waals surface area contributed by atoms with E-state index in [-0.39, 0.29) is 29.5 Å². The molecule has 0 aromatic heterocycles. The van der Waals surface area contributed by atoms with Crippen LogP contribution >= 0.6 is 0 Å². The average molecular weight is 460 g/mol. The summed E-state index contributed by atoms with van der Waals surface area (Å²) in [6.45, 7) is 1.52. The van der Waals surface area contributed by atoms with E-state index in [1.54, 1.807) is 24.3 Å². The van der Waals surface area contributed by atoms with E-state index in [1.165, 1.54) is 22.5 Å². The summed E-state index contributed by atoms with van der Waals surface area (Å²) in [6.07, 6.45) is 1.55. The van der Waals surface area contributed by atoms with E-state index in [1.807, 2.05) is 0 Å². The standard InChI is InChI=1S/C22H25N3O6S/c23-21(26)15-7-9-25(10-8-15)32(28,29)18-4-1-3-16(13-18)22(27)24-17-5-6-19-20(14-17)31-12-2-11-30-19/h1,3-6,13-15H,2,7-12H2,(H2,23,26)(H,24,27). The lowest BCUT2D eigenvalue weighted by Gasteiger charge is -2.29. The Labute approximate surface area is 186 Å². The molecule has 0 radical (unpaired) electrons. The van der Waals surface area contributed by atoms with Crippen molar-refractivity contribution in [1.29, 1.82) is 0 Å². The molecule has 0 unspecified atom stereocenters. The second-order valence-electron chi connectivity index (χ2n) is 7.77. The Kier molecular flexibility index (Phi) is 6.33. The number of piperidine rings is 1. The smallest absolute Gasteiger partial charge is 0.255 e. The van der Waals surface area contributed by atoms with Gasteiger partial charge in [0.2, 0.25) is 15.9 Å². The minimum Gasteiger partial charge on any atom is -0.490 e. The number of fused-ring (bicyclic) bond motifs is 1. The summed E-state index contributed by atoms with van der Waals surface area (Å²) in [5.41, 5.74) is 6.06. The Morgan fingerprint density at radius 2 is 1.72 bits per heavy atom. The lowest BCUT2D eigenvalue weighted by Crippen LogP contribution is -2.41. The first-order chi connectivity index (χ1) is 15.3. The molecule has 2 aromatic rings. The molecule has 0 saturated carbocycles. The summed E-state index contributed by atoms with van der Waals surface area (Å²) in [4.78, 5) is 24.2. The number of ether oxygens (including phenoxy) is 2. The van der Waals surface area contributed by atoms with Crippen molar-refractivity contribution in [2.75, 3.05) is 31.6 Å². The fourth-order valence-electron chi connectivity index (χ4n) is 3.77. The van der Waals surface area contributed by atoms with Crippen LogP contribution in [0.5, 0.6) is 11.5 Å². The lowest BCUT2D eigenvalue weighted by atomic mass is 9.98. The monoisotopic (exact) mass is 459 g/mol. The number of amides is 2. The molecule has 4 rings (SSSR count). The van der Waals surface area contributed by atoms with Gasteiger partial charge in [-0.1, -0.05) is 6.07 Å². The van der Waals surface area contributed by atoms with Gasteiger partial charge >= 0.3 is 0 Å². The first-order valence-corrected chi connectivity index (χ1v) is 11.9. The number of carbonyl (C=O) groups is 2. The second-order valence-corrected chi connectivity index (χ2v) is 9.71. The summed E-state index contributed by atoms with van der Waals surface area (Å²) in [5.74, 6) is 0.0120. The van der Waals surface area contributed by atoms with Crippen LogP contribution in [0.4, 0.5) is 5.69 Å². The summed E-state index contributed by atoms with van der Waals surface area (Å²) in [7, 11) is -3.79. The molecule has 0 aliphatic carbocycles. The molecule has 10 heteroatoms. The van der Waals surface area contributed by atoms with Gasteiger partial charge in [0, 0.05) is 42.7 Å². The highest BCUT2D eigenvalue weighted by molar-refractivity contribution is 7.89. The number of anilines is 1. The number of nitrogens with zero attached hydrogens (tertiary/aromatic N) is 1. The van der Waals surface area contributed by atoms with Crippen LogP contribution in [0.3, 0.4) is 0 Å². The number of primary amides is 1. The number of nitrogens with two attached hydrogens (primary N) is 1. The van der Waals surface area contributed by atoms with Crippen molar-refractivity contribution < 1.29 is 27.5 Å². The third-order valence-corrected chi connectivity index (χ3v) is 7.49. The Morgan fingerprint density at radius 3 is 2.44 bits per heavy atom. The molecule has 2 heterocycles. The van der Waals surface area contributed by atoms with Gasteiger partial charge in [0.1, 0.15) is 0 Å². The Balaban J connectivity index is 1.48. The zero-order valence-electron chi connectivity index (χ0n) is 17.5. The number of sulfonamides is 1. The molecule has 3 N–H and O–H groups in total. The van der Waals surface area contributed by atoms with Gasteiger partial charge in [-0.3, -0.25) is 9.59 Å². The molecule has 2 amide bonds. The van der Waals surface area contributed by atoms with Crippen molar-refractivity contribution >= 4 is 27.5 Å². The number of rotatable bonds is 5. The maximum atomic E-state index is 13.0. The van der Waals surface area contributed by atoms with Gasteiger partial charge in [0.15, 0.2) is 11.5 Å². The van der Waals surface area contributed by atoms with Crippen LogP contribution in [-0.2, 0) is 14.8 Å². The van der Waals surface area contributed by atoms with E-state index in [2.05, 4.69) is 5.32 Å². The summed E-state index contributed by atoms with van der Waals surface area (Å²) in [5, 5.41) is 2.77. The van der Waals surface area contributed by atoms with Crippen LogP contribution in [-0.4, -0.2) is 50.8 Å². The van der Waals surface area contributed by atoms with E-state index in [0.717, 1.165) is 6.42 Å². The minimum atomic E-state index is -3.79. The molecule has 0 atom stereocenters. The molecule has 0 spiro atoms. The molecule has 1 fully saturated rings. The van der Waals surface area contributed by atoms with Gasteiger partial charge in [-0.2, -0.15) is 4.31 Å². The quantitative estimate of drug-likeness (QED) is 0.704. The third-order valence-electron chi connectivity index (χ3n) is 5.60. The molecule has 2 aromatic carbocycles. The van der Waals surface area contributed by atoms with Crippen LogP contribution in [0, 0.1) is 5.92 Å². The summed E-state index contributed by atoms with van der Waals surface area (Å²) in [6, 6.07) is 11.0. The second kappa shape index (κ2) is 9.17. The molecule has 9 nitrogen and oxygen atoms in total. The number of carbonyl (C=O) groups excluding carboxylic acids is 2. The number of hydrogen-bond acceptors (Lipinski definition) is 6. The Bertz CT molecular complexity index is 1130. The normalized spacial score (nSPS) is 17.4. The number of nitrogens with one attached hydrogen (secondary N) is 1. The van der Waals surface area contributed by atoms with Crippen LogP contribution in [0.25, 0.3) is 0 Å². The minimum absolute atomic E-state index is 0.0290. The molecule has 32 heavy (non-hydrogen) atoms. The predicted octanol–water partition coefficient (Wildman–Crippen LogP) is 1.99. The van der Waals surface area contributed by atoms with Gasteiger partial charge < -0.3 is 20.5 Å². The first kappa shape index (κ1) is 22.1. The van der Waals surface area contributed by atoms with Gasteiger partial charge in [0.05, 0.1) is 18.1 Å². The van der Waals surface area contributed by atoms with E-state index in [4.69, 9.17) is 15.2 Å². The van der Waals surface area contributed by atoms with E-state index >= 15 is 0 Å². The predicted molar refractivity (Wildman–Crippen MR) is 117 cm³/mol. The van der Waals surface area contributed by atoms with E-state index in [0.29, 0.717) is 43.2 Å². The third kappa shape index (κ3) is 4.71. The molecular formula is C22H25N3O6S. The zero-order chi connectivity index (χ0) is 22.7. The Morgan fingerprint density at radius 1 is 1.00 bits per heavy atom. The van der Waals surface area contributed by atoms with Crippen molar-refractivity contribution in [3.05, 3.63) is 48.0 Å². The largest absolute Gasteiger partial charge is 0.490 e. The maximum Gasteiger partial charge on any atom is 0.255 e. The topological polar surface area (TPSA) is 128 Å². The lowest BCUT2D eigenvalue weighted by molar-refractivity contribution is -0.122. The SMILES string of the molecule is NC(=O)C1CCN(S(=O)(=O)c2cccc(C(=O)Nc3ccc4c(c3)OCCCO4)c2)CC1. The van der Waals surface area contributed by atoms with Gasteiger partial charge in [-0.25, -0.2) is 8.42 Å². The van der Waals surface area contributed by atoms with Crippen molar-refractivity contribution in [2.24, 2.45) is 11.7 Å². The van der Waals surface area contributed by atoms with Crippen LogP contribution < -0.4 is 20.5 Å². The van der Waals surface area contributed by atoms with Crippen LogP contribution in [0.1, 0.15) is 29.6 Å². The number of benzene rings is 2. The molecule has 2 aliphatic rings. The first-order valence-electron chi connectivity index (χ1n) is 10.4. The van der Waals surface area contributed by atoms with Crippen molar-refractivity contribution in [1.82, 2.24) is 4.31 Å². The molecule has 2 aliphatic heterocycles. The highest BCUT2D eigenvalue weighted by atomic mass is 32.2. The van der Waals surface area contributed by atoms with E-state index in [9.17, 15) is 18.0 Å². The molecule has 0 bridgehead atoms. The Hall–Kier alpha value is -3.11. The summed E-state index contributed by atoms with van der Waals surface area (Å²) >= 11 is 0. The highest BCUT2D eigenvalue weighted by Gasteiger charge is 2.31. The van der Waals surface area contributed by atoms with Crippen LogP contribution in [0.15, 0.2) is 47.4 Å². The van der Waals surface area contributed by atoms with Crippen molar-refractivity contribution in [3.8, 4) is 11.5 Å². The van der Waals surface area contributed by atoms with Crippen LogP contribution in [0.2, 0.25) is 0 Å². The van der Waals surface area contributed by atoms with Crippen molar-refractivity contribution in [2.45, 2.75) is 24.2 Å². The highest BCUT2D eigenvalue weighted by Crippen LogP contribution is 2.32. The average Bonchev–Trinajstić information content (AvgIpc) is 3.04. The molecular weight excluding hydrogens is 434 g/mol. The van der Waals surface area contributed by atoms with Gasteiger partial charge in [0.25, 0.3) is 5.91 Å². The van der Waals surface area contributed by atoms with E-state index < -0.39 is 21.8 Å². The molecule has 1 saturated heterocycles. The van der Waals surface area contributed by atoms with Gasteiger partial charge in [-0.05, 0) is 43.2 Å². The van der Waals surface area contributed by atoms with Gasteiger partial charge in [-0.15, -0.1) is 0 Å². The van der Waals surface area contributed by atoms with Crippen molar-refractivity contribution in [3.63, 3.8) is 0 Å². The number of hydrogen-bond donors (Lipinski definition) is 2. The summed E-state index contributed by atoms with van der Waals surface area (Å²) < 4.78 is 38.6. The maximum absolute atomic E-state index is 13.0.